The molecule has 0 fully saturated rings. The number of fused-ring (bicyclic) bond motifs is 1. The molecule has 3 rings (SSSR count). The van der Waals surface area contributed by atoms with Crippen LogP contribution in [0.4, 0.5) is 0 Å². The van der Waals surface area contributed by atoms with Gasteiger partial charge >= 0.3 is 0 Å². The maximum Gasteiger partial charge on any atom is 0.287 e. The first-order valence-electron chi connectivity index (χ1n) is 7.56. The summed E-state index contributed by atoms with van der Waals surface area (Å²) in [6, 6.07) is 19.8. The van der Waals surface area contributed by atoms with Gasteiger partial charge in [0.05, 0.1) is 0 Å². The zero-order valence-electron chi connectivity index (χ0n) is 12.6. The average molecular weight is 293 g/mol. The van der Waals surface area contributed by atoms with Crippen molar-refractivity contribution < 1.29 is 9.21 Å². The SMILES string of the molecule is C[C@H](CCc1ccccc1)NC(=O)c1cc2ccccc2o1. The molecule has 1 atom stereocenters. The highest BCUT2D eigenvalue weighted by Gasteiger charge is 2.14. The molecule has 2 aromatic carbocycles. The lowest BCUT2D eigenvalue weighted by molar-refractivity contribution is 0.0912. The summed E-state index contributed by atoms with van der Waals surface area (Å²) in [7, 11) is 0. The number of aryl methyl sites for hydroxylation is 1. The first-order valence-corrected chi connectivity index (χ1v) is 7.56. The van der Waals surface area contributed by atoms with Crippen molar-refractivity contribution in [3.63, 3.8) is 0 Å². The van der Waals surface area contributed by atoms with Crippen LogP contribution in [0, 0.1) is 0 Å². The Bertz CT molecular complexity index is 728. The first kappa shape index (κ1) is 14.4. The van der Waals surface area contributed by atoms with Gasteiger partial charge in [-0.3, -0.25) is 4.79 Å². The summed E-state index contributed by atoms with van der Waals surface area (Å²) in [5.41, 5.74) is 2.02. The number of hydrogen-bond acceptors (Lipinski definition) is 2. The minimum atomic E-state index is -0.156. The second-order valence-corrected chi connectivity index (χ2v) is 5.55. The summed E-state index contributed by atoms with van der Waals surface area (Å²) in [6.07, 6.45) is 1.85. The van der Waals surface area contributed by atoms with Crippen LogP contribution in [-0.2, 0) is 6.42 Å². The van der Waals surface area contributed by atoms with Gasteiger partial charge in [-0.25, -0.2) is 0 Å². The fourth-order valence-corrected chi connectivity index (χ4v) is 2.49. The van der Waals surface area contributed by atoms with E-state index in [1.165, 1.54) is 5.56 Å². The lowest BCUT2D eigenvalue weighted by Gasteiger charge is -2.12. The van der Waals surface area contributed by atoms with Gasteiger partial charge in [0.15, 0.2) is 5.76 Å². The summed E-state index contributed by atoms with van der Waals surface area (Å²) in [5, 5.41) is 3.94. The third-order valence-electron chi connectivity index (χ3n) is 3.74. The predicted octanol–water partition coefficient (Wildman–Crippen LogP) is 4.18. The number of carbonyl (C=O) groups excluding carboxylic acids is 1. The van der Waals surface area contributed by atoms with Crippen LogP contribution < -0.4 is 5.32 Å². The number of furan rings is 1. The molecule has 0 saturated carbocycles. The molecule has 0 saturated heterocycles. The molecule has 3 aromatic rings. The molecule has 1 N–H and O–H groups in total. The maximum absolute atomic E-state index is 12.2. The highest BCUT2D eigenvalue weighted by atomic mass is 16.3. The molecule has 112 valence electrons. The van der Waals surface area contributed by atoms with E-state index in [1.807, 2.05) is 49.4 Å². The van der Waals surface area contributed by atoms with Crippen molar-refractivity contribution in [2.45, 2.75) is 25.8 Å². The summed E-state index contributed by atoms with van der Waals surface area (Å²) in [6.45, 7) is 2.02. The van der Waals surface area contributed by atoms with Crippen molar-refractivity contribution in [1.29, 1.82) is 0 Å². The molecule has 0 radical (unpaired) electrons. The van der Waals surface area contributed by atoms with Crippen LogP contribution in [0.25, 0.3) is 11.0 Å². The third kappa shape index (κ3) is 3.37. The van der Waals surface area contributed by atoms with Crippen molar-refractivity contribution in [2.24, 2.45) is 0 Å². The van der Waals surface area contributed by atoms with E-state index >= 15 is 0 Å². The Kier molecular flexibility index (Phi) is 4.24. The van der Waals surface area contributed by atoms with E-state index in [-0.39, 0.29) is 11.9 Å². The summed E-state index contributed by atoms with van der Waals surface area (Å²) < 4.78 is 5.58. The van der Waals surface area contributed by atoms with Crippen LogP contribution in [0.1, 0.15) is 29.5 Å². The molecule has 0 unspecified atom stereocenters. The van der Waals surface area contributed by atoms with Gasteiger partial charge in [0.1, 0.15) is 5.58 Å². The summed E-state index contributed by atoms with van der Waals surface area (Å²) >= 11 is 0. The highest BCUT2D eigenvalue weighted by Crippen LogP contribution is 2.18. The van der Waals surface area contributed by atoms with Crippen molar-refractivity contribution >= 4 is 16.9 Å². The van der Waals surface area contributed by atoms with E-state index in [2.05, 4.69) is 17.4 Å². The van der Waals surface area contributed by atoms with E-state index in [4.69, 9.17) is 4.42 Å². The smallest absolute Gasteiger partial charge is 0.287 e. The van der Waals surface area contributed by atoms with Crippen LogP contribution >= 0.6 is 0 Å². The molecule has 3 heteroatoms. The van der Waals surface area contributed by atoms with E-state index in [0.717, 1.165) is 23.8 Å². The largest absolute Gasteiger partial charge is 0.451 e. The van der Waals surface area contributed by atoms with Gasteiger partial charge in [-0.1, -0.05) is 48.5 Å². The monoisotopic (exact) mass is 293 g/mol. The molecule has 0 bridgehead atoms. The average Bonchev–Trinajstić information content (AvgIpc) is 2.98. The van der Waals surface area contributed by atoms with E-state index in [9.17, 15) is 4.79 Å². The standard InChI is InChI=1S/C19H19NO2/c1-14(11-12-15-7-3-2-4-8-15)20-19(21)18-13-16-9-5-6-10-17(16)22-18/h2-10,13-14H,11-12H2,1H3,(H,20,21)/t14-/m1/s1. The minimum absolute atomic E-state index is 0.0981. The van der Waals surface area contributed by atoms with Crippen LogP contribution in [0.5, 0.6) is 0 Å². The third-order valence-corrected chi connectivity index (χ3v) is 3.74. The quantitative estimate of drug-likeness (QED) is 0.766. The molecule has 1 amide bonds. The van der Waals surface area contributed by atoms with Crippen LogP contribution in [0.3, 0.4) is 0 Å². The molecular formula is C19H19NO2. The van der Waals surface area contributed by atoms with Crippen molar-refractivity contribution in [2.75, 3.05) is 0 Å². The lowest BCUT2D eigenvalue weighted by Crippen LogP contribution is -2.32. The van der Waals surface area contributed by atoms with E-state index in [0.29, 0.717) is 5.76 Å². The van der Waals surface area contributed by atoms with Gasteiger partial charge in [0, 0.05) is 11.4 Å². The van der Waals surface area contributed by atoms with Crippen LogP contribution in [0.2, 0.25) is 0 Å². The lowest BCUT2D eigenvalue weighted by atomic mass is 10.1. The van der Waals surface area contributed by atoms with Gasteiger partial charge in [-0.2, -0.15) is 0 Å². The van der Waals surface area contributed by atoms with Crippen molar-refractivity contribution in [3.05, 3.63) is 72.0 Å². The molecule has 0 aliphatic rings. The number of rotatable bonds is 5. The maximum atomic E-state index is 12.2. The second kappa shape index (κ2) is 6.48. The second-order valence-electron chi connectivity index (χ2n) is 5.55. The van der Waals surface area contributed by atoms with Gasteiger partial charge in [-0.15, -0.1) is 0 Å². The Balaban J connectivity index is 1.58. The molecule has 3 nitrogen and oxygen atoms in total. The van der Waals surface area contributed by atoms with Gasteiger partial charge < -0.3 is 9.73 Å². The topological polar surface area (TPSA) is 42.2 Å². The zero-order valence-corrected chi connectivity index (χ0v) is 12.6. The Hall–Kier alpha value is -2.55. The van der Waals surface area contributed by atoms with Crippen molar-refractivity contribution in [1.82, 2.24) is 5.32 Å². The number of para-hydroxylation sites is 1. The summed E-state index contributed by atoms with van der Waals surface area (Å²) in [5.74, 6) is 0.213. The predicted molar refractivity (Wildman–Crippen MR) is 87.9 cm³/mol. The van der Waals surface area contributed by atoms with Crippen LogP contribution in [0.15, 0.2) is 65.1 Å². The molecule has 0 aliphatic carbocycles. The zero-order chi connectivity index (χ0) is 15.4. The summed E-state index contributed by atoms with van der Waals surface area (Å²) in [4.78, 5) is 12.2. The van der Waals surface area contributed by atoms with E-state index < -0.39 is 0 Å². The van der Waals surface area contributed by atoms with Gasteiger partial charge in [-0.05, 0) is 37.5 Å². The van der Waals surface area contributed by atoms with E-state index in [1.54, 1.807) is 6.07 Å². The number of amides is 1. The Labute approximate surface area is 130 Å². The molecule has 0 aliphatic heterocycles. The highest BCUT2D eigenvalue weighted by molar-refractivity contribution is 5.96. The normalized spacial score (nSPS) is 12.2. The first-order chi connectivity index (χ1) is 10.7. The van der Waals surface area contributed by atoms with Gasteiger partial charge in [0.25, 0.3) is 5.91 Å². The Morgan fingerprint density at radius 2 is 1.82 bits per heavy atom. The fraction of sp³-hybridized carbons (Fsp3) is 0.211. The van der Waals surface area contributed by atoms with Crippen LogP contribution in [-0.4, -0.2) is 11.9 Å². The number of nitrogens with one attached hydrogen (secondary N) is 1. The number of carbonyl (C=O) groups is 1. The Morgan fingerprint density at radius 1 is 1.09 bits per heavy atom. The molecule has 1 aromatic heterocycles. The molecule has 22 heavy (non-hydrogen) atoms. The minimum Gasteiger partial charge on any atom is -0.451 e. The number of hydrogen-bond donors (Lipinski definition) is 1. The number of benzene rings is 2. The van der Waals surface area contributed by atoms with Crippen molar-refractivity contribution in [3.8, 4) is 0 Å². The molecular weight excluding hydrogens is 274 g/mol. The van der Waals surface area contributed by atoms with Gasteiger partial charge in [0.2, 0.25) is 0 Å². The molecule has 0 spiro atoms. The Morgan fingerprint density at radius 3 is 2.59 bits per heavy atom. The molecule has 1 heterocycles. The fourth-order valence-electron chi connectivity index (χ4n) is 2.49.